The third-order valence-corrected chi connectivity index (χ3v) is 4.93. The summed E-state index contributed by atoms with van der Waals surface area (Å²) < 4.78 is 0. The van der Waals surface area contributed by atoms with Crippen LogP contribution in [0.1, 0.15) is 25.3 Å². The van der Waals surface area contributed by atoms with E-state index in [9.17, 15) is 4.79 Å². The molecule has 0 radical (unpaired) electrons. The Morgan fingerprint density at radius 2 is 2.13 bits per heavy atom. The van der Waals surface area contributed by atoms with Crippen molar-refractivity contribution in [2.24, 2.45) is 5.92 Å². The van der Waals surface area contributed by atoms with Crippen molar-refractivity contribution in [3.05, 3.63) is 29.8 Å². The number of rotatable bonds is 4. The third kappa shape index (κ3) is 4.06. The van der Waals surface area contributed by atoms with Crippen LogP contribution in [0, 0.1) is 5.92 Å². The van der Waals surface area contributed by atoms with Crippen molar-refractivity contribution in [2.75, 3.05) is 38.1 Å². The number of hydrogen-bond donors (Lipinski definition) is 1. The van der Waals surface area contributed by atoms with Gasteiger partial charge in [-0.05, 0) is 63.9 Å². The van der Waals surface area contributed by atoms with E-state index in [-0.39, 0.29) is 24.4 Å². The lowest BCUT2D eigenvalue weighted by molar-refractivity contribution is -0.120. The van der Waals surface area contributed by atoms with Crippen LogP contribution in [0.15, 0.2) is 24.3 Å². The van der Waals surface area contributed by atoms with Gasteiger partial charge in [0.25, 0.3) is 0 Å². The van der Waals surface area contributed by atoms with E-state index in [0.29, 0.717) is 12.5 Å². The number of likely N-dealkylation sites (tertiary alicyclic amines) is 1. The quantitative estimate of drug-likeness (QED) is 0.916. The van der Waals surface area contributed by atoms with Crippen LogP contribution in [-0.4, -0.2) is 50.1 Å². The summed E-state index contributed by atoms with van der Waals surface area (Å²) in [7, 11) is 2.01. The van der Waals surface area contributed by atoms with E-state index in [0.717, 1.165) is 31.7 Å². The molecule has 1 amide bonds. The first-order valence-corrected chi connectivity index (χ1v) is 8.46. The van der Waals surface area contributed by atoms with Gasteiger partial charge in [0.1, 0.15) is 0 Å². The third-order valence-electron chi connectivity index (χ3n) is 4.93. The number of para-hydroxylation sites is 1. The summed E-state index contributed by atoms with van der Waals surface area (Å²) in [6.07, 6.45) is 3.45. The molecule has 23 heavy (non-hydrogen) atoms. The van der Waals surface area contributed by atoms with Crippen LogP contribution < -0.4 is 10.2 Å². The lowest BCUT2D eigenvalue weighted by atomic mass is 9.98. The summed E-state index contributed by atoms with van der Waals surface area (Å²) in [5, 5.41) is 3.26. The molecular formula is C18H28ClN3O. The summed E-state index contributed by atoms with van der Waals surface area (Å²) in [5.41, 5.74) is 2.42. The average Bonchev–Trinajstić information content (AvgIpc) is 2.83. The Balaban J connectivity index is 0.00000192. The van der Waals surface area contributed by atoms with Gasteiger partial charge in [0.2, 0.25) is 5.91 Å². The van der Waals surface area contributed by atoms with E-state index in [1.54, 1.807) is 0 Å². The van der Waals surface area contributed by atoms with Gasteiger partial charge in [-0.3, -0.25) is 9.69 Å². The van der Waals surface area contributed by atoms with E-state index in [2.05, 4.69) is 35.3 Å². The predicted octanol–water partition coefficient (Wildman–Crippen LogP) is 2.32. The van der Waals surface area contributed by atoms with E-state index < -0.39 is 0 Å². The minimum absolute atomic E-state index is 0. The Kier molecular flexibility index (Phi) is 6.45. The highest BCUT2D eigenvalue weighted by molar-refractivity contribution is 5.97. The molecule has 3 rings (SSSR count). The summed E-state index contributed by atoms with van der Waals surface area (Å²) >= 11 is 0. The fourth-order valence-corrected chi connectivity index (χ4v) is 3.96. The standard InChI is InChI=1S/C18H27N3O.ClH/c1-14-10-16-7-3-4-8-17(16)21(14)18(22)13-20-9-5-6-15(12-20)11-19-2;/h3-4,7-8,14-15,19H,5-6,9-13H2,1-2H3;1H. The highest BCUT2D eigenvalue weighted by atomic mass is 35.5. The van der Waals surface area contributed by atoms with Gasteiger partial charge in [-0.2, -0.15) is 0 Å². The zero-order chi connectivity index (χ0) is 15.5. The second kappa shape index (κ2) is 8.13. The van der Waals surface area contributed by atoms with Crippen molar-refractivity contribution in [3.63, 3.8) is 0 Å². The fraction of sp³-hybridized carbons (Fsp3) is 0.611. The van der Waals surface area contributed by atoms with Crippen LogP contribution in [0.5, 0.6) is 0 Å². The van der Waals surface area contributed by atoms with E-state index in [1.807, 2.05) is 18.0 Å². The number of carbonyl (C=O) groups excluding carboxylic acids is 1. The van der Waals surface area contributed by atoms with Crippen LogP contribution in [-0.2, 0) is 11.2 Å². The molecule has 0 bridgehead atoms. The number of hydrogen-bond acceptors (Lipinski definition) is 3. The fourth-order valence-electron chi connectivity index (χ4n) is 3.96. The Morgan fingerprint density at radius 3 is 2.91 bits per heavy atom. The van der Waals surface area contributed by atoms with Crippen molar-refractivity contribution in [1.29, 1.82) is 0 Å². The lowest BCUT2D eigenvalue weighted by Gasteiger charge is -2.34. The minimum atomic E-state index is 0. The molecular weight excluding hydrogens is 310 g/mol. The molecule has 0 saturated carbocycles. The zero-order valence-corrected chi connectivity index (χ0v) is 14.9. The number of halogens is 1. The molecule has 1 N–H and O–H groups in total. The highest BCUT2D eigenvalue weighted by Crippen LogP contribution is 2.32. The second-order valence-electron chi connectivity index (χ2n) is 6.75. The van der Waals surface area contributed by atoms with Crippen molar-refractivity contribution in [2.45, 2.75) is 32.2 Å². The first kappa shape index (κ1) is 18.2. The maximum atomic E-state index is 12.8. The van der Waals surface area contributed by atoms with Gasteiger partial charge >= 0.3 is 0 Å². The molecule has 0 spiro atoms. The first-order chi connectivity index (χ1) is 10.7. The Labute approximate surface area is 145 Å². The second-order valence-corrected chi connectivity index (χ2v) is 6.75. The van der Waals surface area contributed by atoms with Crippen molar-refractivity contribution >= 4 is 24.0 Å². The van der Waals surface area contributed by atoms with Gasteiger partial charge < -0.3 is 10.2 Å². The molecule has 1 aromatic carbocycles. The molecule has 0 aromatic heterocycles. The molecule has 2 heterocycles. The van der Waals surface area contributed by atoms with E-state index >= 15 is 0 Å². The summed E-state index contributed by atoms with van der Waals surface area (Å²) in [6, 6.07) is 8.59. The Bertz CT molecular complexity index is 535. The number of amides is 1. The molecule has 128 valence electrons. The monoisotopic (exact) mass is 337 g/mol. The SMILES string of the molecule is CNCC1CCCN(CC(=O)N2c3ccccc3CC2C)C1.Cl. The first-order valence-electron chi connectivity index (χ1n) is 8.46. The summed E-state index contributed by atoms with van der Waals surface area (Å²) in [6.45, 7) is 5.84. The molecule has 0 aliphatic carbocycles. The van der Waals surface area contributed by atoms with Crippen molar-refractivity contribution in [1.82, 2.24) is 10.2 Å². The van der Waals surface area contributed by atoms with Gasteiger partial charge in [0.15, 0.2) is 0 Å². The predicted molar refractivity (Wildman–Crippen MR) is 97.4 cm³/mol. The number of fused-ring (bicyclic) bond motifs is 1. The van der Waals surface area contributed by atoms with Crippen LogP contribution in [0.2, 0.25) is 0 Å². The molecule has 2 atom stereocenters. The molecule has 2 aliphatic heterocycles. The number of carbonyl (C=O) groups is 1. The minimum Gasteiger partial charge on any atom is -0.319 e. The molecule has 2 aliphatic rings. The largest absolute Gasteiger partial charge is 0.319 e. The van der Waals surface area contributed by atoms with Crippen molar-refractivity contribution in [3.8, 4) is 0 Å². The number of benzene rings is 1. The smallest absolute Gasteiger partial charge is 0.241 e. The average molecular weight is 338 g/mol. The van der Waals surface area contributed by atoms with E-state index in [4.69, 9.17) is 0 Å². The number of nitrogens with zero attached hydrogens (tertiary/aromatic N) is 2. The van der Waals surface area contributed by atoms with Crippen LogP contribution in [0.3, 0.4) is 0 Å². The molecule has 5 heteroatoms. The highest BCUT2D eigenvalue weighted by Gasteiger charge is 2.32. The summed E-state index contributed by atoms with van der Waals surface area (Å²) in [4.78, 5) is 17.2. The van der Waals surface area contributed by atoms with Gasteiger partial charge in [0, 0.05) is 18.3 Å². The molecule has 4 nitrogen and oxygen atoms in total. The van der Waals surface area contributed by atoms with Gasteiger partial charge in [-0.1, -0.05) is 18.2 Å². The summed E-state index contributed by atoms with van der Waals surface area (Å²) in [5.74, 6) is 0.928. The Hall–Kier alpha value is -1.10. The number of anilines is 1. The van der Waals surface area contributed by atoms with Gasteiger partial charge in [-0.15, -0.1) is 12.4 Å². The van der Waals surface area contributed by atoms with Crippen molar-refractivity contribution < 1.29 is 4.79 Å². The molecule has 1 saturated heterocycles. The van der Waals surface area contributed by atoms with Crippen LogP contribution in [0.4, 0.5) is 5.69 Å². The maximum Gasteiger partial charge on any atom is 0.241 e. The number of nitrogens with one attached hydrogen (secondary N) is 1. The van der Waals surface area contributed by atoms with E-state index in [1.165, 1.54) is 18.4 Å². The maximum absolute atomic E-state index is 12.8. The molecule has 1 fully saturated rings. The molecule has 2 unspecified atom stereocenters. The van der Waals surface area contributed by atoms with Crippen LogP contribution >= 0.6 is 12.4 Å². The van der Waals surface area contributed by atoms with Crippen LogP contribution in [0.25, 0.3) is 0 Å². The molecule has 1 aromatic rings. The van der Waals surface area contributed by atoms with Gasteiger partial charge in [0.05, 0.1) is 6.54 Å². The topological polar surface area (TPSA) is 35.6 Å². The zero-order valence-electron chi connectivity index (χ0n) is 14.1. The number of piperidine rings is 1. The Morgan fingerprint density at radius 1 is 1.35 bits per heavy atom. The van der Waals surface area contributed by atoms with Gasteiger partial charge in [-0.25, -0.2) is 0 Å². The normalized spacial score (nSPS) is 24.2. The lowest BCUT2D eigenvalue weighted by Crippen LogP contribution is -2.47.